The quantitative estimate of drug-likeness (QED) is 0.839. The Morgan fingerprint density at radius 2 is 2.28 bits per heavy atom. The first kappa shape index (κ1) is 11.9. The molecule has 1 aromatic carbocycles. The van der Waals surface area contributed by atoms with E-state index in [9.17, 15) is 9.50 Å². The number of fused-ring (bicyclic) bond motifs is 1. The minimum Gasteiger partial charge on any atom is -0.508 e. The number of piperidine rings is 1. The fraction of sp³-hybridized carbons (Fsp3) is 0.571. The highest BCUT2D eigenvalue weighted by molar-refractivity contribution is 5.32. The molecule has 0 bridgehead atoms. The summed E-state index contributed by atoms with van der Waals surface area (Å²) in [6.07, 6.45) is 2.53. The summed E-state index contributed by atoms with van der Waals surface area (Å²) in [5.41, 5.74) is 0.689. The number of hydrogen-bond acceptors (Lipinski definition) is 3. The lowest BCUT2D eigenvalue weighted by Gasteiger charge is -2.24. The third kappa shape index (κ3) is 2.35. The number of halogens is 1. The molecule has 2 atom stereocenters. The minimum atomic E-state index is -0.280. The molecule has 2 fully saturated rings. The number of phenols is 1. The van der Waals surface area contributed by atoms with Crippen molar-refractivity contribution in [3.05, 3.63) is 29.6 Å². The van der Waals surface area contributed by atoms with Crippen LogP contribution in [-0.4, -0.2) is 35.7 Å². The third-order valence-electron chi connectivity index (χ3n) is 4.11. The third-order valence-corrected chi connectivity index (χ3v) is 4.11. The van der Waals surface area contributed by atoms with Gasteiger partial charge in [-0.1, -0.05) is 0 Å². The minimum absolute atomic E-state index is 0.194. The predicted octanol–water partition coefficient (Wildman–Crippen LogP) is 1.72. The summed E-state index contributed by atoms with van der Waals surface area (Å²) < 4.78 is 13.2. The molecule has 18 heavy (non-hydrogen) atoms. The first-order chi connectivity index (χ1) is 8.72. The molecule has 0 aliphatic carbocycles. The number of hydrogen-bond donors (Lipinski definition) is 2. The molecule has 0 amide bonds. The van der Waals surface area contributed by atoms with Crippen LogP contribution in [0.15, 0.2) is 18.2 Å². The van der Waals surface area contributed by atoms with Crippen molar-refractivity contribution in [3.63, 3.8) is 0 Å². The Morgan fingerprint density at radius 3 is 3.11 bits per heavy atom. The molecule has 0 radical (unpaired) electrons. The van der Waals surface area contributed by atoms with E-state index in [0.29, 0.717) is 18.2 Å². The number of nitrogens with one attached hydrogen (secondary N) is 1. The molecule has 2 saturated heterocycles. The summed E-state index contributed by atoms with van der Waals surface area (Å²) in [6.45, 7) is 3.80. The van der Waals surface area contributed by atoms with E-state index in [2.05, 4.69) is 10.2 Å². The van der Waals surface area contributed by atoms with Crippen molar-refractivity contribution in [2.45, 2.75) is 25.4 Å². The zero-order valence-electron chi connectivity index (χ0n) is 10.4. The lowest BCUT2D eigenvalue weighted by Crippen LogP contribution is -2.40. The highest BCUT2D eigenvalue weighted by Gasteiger charge is 2.34. The smallest absolute Gasteiger partial charge is 0.123 e. The van der Waals surface area contributed by atoms with E-state index in [1.165, 1.54) is 31.0 Å². The normalized spacial score (nSPS) is 28.3. The molecule has 98 valence electrons. The maximum absolute atomic E-state index is 13.2. The fourth-order valence-electron chi connectivity index (χ4n) is 3.19. The van der Waals surface area contributed by atoms with Crippen molar-refractivity contribution >= 4 is 0 Å². The van der Waals surface area contributed by atoms with E-state index in [-0.39, 0.29) is 11.6 Å². The summed E-state index contributed by atoms with van der Waals surface area (Å²) in [5.74, 6) is 0.631. The highest BCUT2D eigenvalue weighted by Crippen LogP contribution is 2.28. The number of nitrogens with zero attached hydrogens (tertiary/aromatic N) is 1. The van der Waals surface area contributed by atoms with Crippen LogP contribution in [0.1, 0.15) is 18.4 Å². The van der Waals surface area contributed by atoms with Crippen molar-refractivity contribution in [1.29, 1.82) is 0 Å². The van der Waals surface area contributed by atoms with Gasteiger partial charge in [0.15, 0.2) is 0 Å². The summed E-state index contributed by atoms with van der Waals surface area (Å²) in [6, 6.07) is 4.75. The van der Waals surface area contributed by atoms with Crippen LogP contribution >= 0.6 is 0 Å². The van der Waals surface area contributed by atoms with Gasteiger partial charge in [-0.15, -0.1) is 0 Å². The van der Waals surface area contributed by atoms with Gasteiger partial charge in [-0.3, -0.25) is 4.90 Å². The summed E-state index contributed by atoms with van der Waals surface area (Å²) in [7, 11) is 0. The number of benzene rings is 1. The highest BCUT2D eigenvalue weighted by atomic mass is 19.1. The lowest BCUT2D eigenvalue weighted by atomic mass is 9.94. The predicted molar refractivity (Wildman–Crippen MR) is 67.9 cm³/mol. The Morgan fingerprint density at radius 1 is 1.39 bits per heavy atom. The van der Waals surface area contributed by atoms with E-state index in [0.717, 1.165) is 25.6 Å². The van der Waals surface area contributed by atoms with Gasteiger partial charge in [0.25, 0.3) is 0 Å². The summed E-state index contributed by atoms with van der Waals surface area (Å²) >= 11 is 0. The Kier molecular flexibility index (Phi) is 3.22. The lowest BCUT2D eigenvalue weighted by molar-refractivity contribution is 0.306. The standard InChI is InChI=1S/C14H19FN2O/c15-12-3-4-14(18)11(6-12)8-17-7-10-2-1-5-16-13(10)9-17/h3-4,6,10,13,16,18H,1-2,5,7-9H2/t10-,13+/m0/s1. The first-order valence-electron chi connectivity index (χ1n) is 6.65. The van der Waals surface area contributed by atoms with Gasteiger partial charge >= 0.3 is 0 Å². The van der Waals surface area contributed by atoms with Crippen molar-refractivity contribution in [2.75, 3.05) is 19.6 Å². The van der Waals surface area contributed by atoms with Gasteiger partial charge in [-0.05, 0) is 43.5 Å². The van der Waals surface area contributed by atoms with E-state index in [1.807, 2.05) is 0 Å². The molecule has 0 saturated carbocycles. The largest absolute Gasteiger partial charge is 0.508 e. The Balaban J connectivity index is 1.68. The molecule has 4 heteroatoms. The second kappa shape index (κ2) is 4.86. The van der Waals surface area contributed by atoms with Gasteiger partial charge in [-0.2, -0.15) is 0 Å². The van der Waals surface area contributed by atoms with Crippen LogP contribution in [-0.2, 0) is 6.54 Å². The van der Waals surface area contributed by atoms with Gasteiger partial charge < -0.3 is 10.4 Å². The zero-order valence-corrected chi connectivity index (χ0v) is 10.4. The Hall–Kier alpha value is -1.13. The Labute approximate surface area is 107 Å². The molecular weight excluding hydrogens is 231 g/mol. The molecule has 2 heterocycles. The van der Waals surface area contributed by atoms with Crippen LogP contribution in [0.3, 0.4) is 0 Å². The maximum atomic E-state index is 13.2. The molecule has 2 N–H and O–H groups in total. The molecular formula is C14H19FN2O. The Bertz CT molecular complexity index is 424. The van der Waals surface area contributed by atoms with Gasteiger partial charge in [0.1, 0.15) is 11.6 Å². The molecule has 0 unspecified atom stereocenters. The van der Waals surface area contributed by atoms with Crippen LogP contribution in [0.2, 0.25) is 0 Å². The molecule has 0 spiro atoms. The van der Waals surface area contributed by atoms with E-state index < -0.39 is 0 Å². The topological polar surface area (TPSA) is 35.5 Å². The average molecular weight is 250 g/mol. The molecule has 3 nitrogen and oxygen atoms in total. The number of phenolic OH excluding ortho intramolecular Hbond substituents is 1. The zero-order chi connectivity index (χ0) is 12.5. The van der Waals surface area contributed by atoms with Gasteiger partial charge in [0.2, 0.25) is 0 Å². The summed E-state index contributed by atoms with van der Waals surface area (Å²) in [4.78, 5) is 2.31. The molecule has 1 aromatic rings. The van der Waals surface area contributed by atoms with Gasteiger partial charge in [0.05, 0.1) is 0 Å². The molecule has 2 aliphatic heterocycles. The summed E-state index contributed by atoms with van der Waals surface area (Å²) in [5, 5.41) is 13.3. The van der Waals surface area contributed by atoms with Crippen molar-refractivity contribution in [3.8, 4) is 5.75 Å². The number of rotatable bonds is 2. The van der Waals surface area contributed by atoms with Gasteiger partial charge in [-0.25, -0.2) is 4.39 Å². The second-order valence-corrected chi connectivity index (χ2v) is 5.43. The molecule has 3 rings (SSSR count). The SMILES string of the molecule is Oc1ccc(F)cc1CN1C[C@@H]2CCCN[C@@H]2C1. The van der Waals surface area contributed by atoms with Crippen LogP contribution in [0, 0.1) is 11.7 Å². The number of aromatic hydroxyl groups is 1. The van der Waals surface area contributed by atoms with Crippen molar-refractivity contribution in [1.82, 2.24) is 10.2 Å². The second-order valence-electron chi connectivity index (χ2n) is 5.43. The van der Waals surface area contributed by atoms with E-state index in [1.54, 1.807) is 0 Å². The van der Waals surface area contributed by atoms with Crippen LogP contribution in [0.25, 0.3) is 0 Å². The fourth-order valence-corrected chi connectivity index (χ4v) is 3.19. The van der Waals surface area contributed by atoms with E-state index in [4.69, 9.17) is 0 Å². The monoisotopic (exact) mass is 250 g/mol. The average Bonchev–Trinajstić information content (AvgIpc) is 2.76. The van der Waals surface area contributed by atoms with Crippen molar-refractivity contribution in [2.24, 2.45) is 5.92 Å². The first-order valence-corrected chi connectivity index (χ1v) is 6.65. The van der Waals surface area contributed by atoms with Crippen LogP contribution in [0.4, 0.5) is 4.39 Å². The van der Waals surface area contributed by atoms with Crippen LogP contribution < -0.4 is 5.32 Å². The van der Waals surface area contributed by atoms with Crippen molar-refractivity contribution < 1.29 is 9.50 Å². The van der Waals surface area contributed by atoms with Crippen LogP contribution in [0.5, 0.6) is 5.75 Å². The maximum Gasteiger partial charge on any atom is 0.123 e. The molecule has 2 aliphatic rings. The molecule has 0 aromatic heterocycles. The van der Waals surface area contributed by atoms with E-state index >= 15 is 0 Å². The number of likely N-dealkylation sites (tertiary alicyclic amines) is 1. The van der Waals surface area contributed by atoms with Gasteiger partial charge in [0, 0.05) is 31.2 Å².